The van der Waals surface area contributed by atoms with Crippen molar-refractivity contribution in [1.29, 1.82) is 0 Å². The summed E-state index contributed by atoms with van der Waals surface area (Å²) < 4.78 is 0. The first-order valence-corrected chi connectivity index (χ1v) is 7.62. The van der Waals surface area contributed by atoms with E-state index in [9.17, 15) is 0 Å². The highest BCUT2D eigenvalue weighted by atomic mass is 32.1. The number of hydrogen-bond acceptors (Lipinski definition) is 2. The van der Waals surface area contributed by atoms with Gasteiger partial charge in [0.25, 0.3) is 0 Å². The van der Waals surface area contributed by atoms with Gasteiger partial charge in [0.15, 0.2) is 0 Å². The molecule has 0 aliphatic heterocycles. The Morgan fingerprint density at radius 1 is 0.950 bits per heavy atom. The summed E-state index contributed by atoms with van der Waals surface area (Å²) in [7, 11) is 0. The van der Waals surface area contributed by atoms with Gasteiger partial charge in [-0.25, -0.2) is 0 Å². The number of nitrogens with one attached hydrogen (secondary N) is 1. The molecule has 0 bridgehead atoms. The van der Waals surface area contributed by atoms with Crippen molar-refractivity contribution in [3.05, 3.63) is 77.2 Å². The predicted octanol–water partition coefficient (Wildman–Crippen LogP) is 5.34. The van der Waals surface area contributed by atoms with Crippen molar-refractivity contribution in [2.45, 2.75) is 13.5 Å². The summed E-state index contributed by atoms with van der Waals surface area (Å²) in [6, 6.07) is 21.4. The summed E-state index contributed by atoms with van der Waals surface area (Å²) >= 11 is 1.78. The molecule has 3 aromatic rings. The average Bonchev–Trinajstić information content (AvgIpc) is 2.96. The highest BCUT2D eigenvalue weighted by molar-refractivity contribution is 7.14. The van der Waals surface area contributed by atoms with Crippen molar-refractivity contribution in [1.82, 2.24) is 0 Å². The van der Waals surface area contributed by atoms with Crippen LogP contribution in [-0.2, 0) is 6.54 Å². The molecule has 0 radical (unpaired) electrons. The number of anilines is 1. The molecule has 0 fully saturated rings. The Labute approximate surface area is 123 Å². The van der Waals surface area contributed by atoms with Gasteiger partial charge < -0.3 is 5.32 Å². The maximum absolute atomic E-state index is 3.47. The Bertz CT molecular complexity index is 668. The van der Waals surface area contributed by atoms with E-state index in [4.69, 9.17) is 0 Å². The molecule has 0 saturated carbocycles. The van der Waals surface area contributed by atoms with Gasteiger partial charge in [-0.3, -0.25) is 0 Å². The van der Waals surface area contributed by atoms with E-state index >= 15 is 0 Å². The zero-order chi connectivity index (χ0) is 13.8. The molecule has 1 N–H and O–H groups in total. The lowest BCUT2D eigenvalue weighted by Crippen LogP contribution is -1.97. The molecule has 0 aliphatic rings. The van der Waals surface area contributed by atoms with Crippen LogP contribution in [0.25, 0.3) is 10.4 Å². The van der Waals surface area contributed by atoms with Crippen LogP contribution in [0, 0.1) is 6.92 Å². The van der Waals surface area contributed by atoms with Gasteiger partial charge in [0.05, 0.1) is 0 Å². The summed E-state index contributed by atoms with van der Waals surface area (Å²) in [4.78, 5) is 1.31. The summed E-state index contributed by atoms with van der Waals surface area (Å²) in [5, 5.41) is 5.65. The number of aryl methyl sites for hydroxylation is 1. The van der Waals surface area contributed by atoms with Crippen LogP contribution in [0.1, 0.15) is 11.1 Å². The SMILES string of the molecule is Cc1ccc(-c2cc(NCc3ccccc3)cs2)cc1. The smallest absolute Gasteiger partial charge is 0.0458 e. The third-order valence-electron chi connectivity index (χ3n) is 3.28. The van der Waals surface area contributed by atoms with Crippen LogP contribution in [0.2, 0.25) is 0 Å². The molecule has 100 valence electrons. The topological polar surface area (TPSA) is 12.0 Å². The lowest BCUT2D eigenvalue weighted by molar-refractivity contribution is 1.15. The summed E-state index contributed by atoms with van der Waals surface area (Å²) in [6.07, 6.45) is 0. The van der Waals surface area contributed by atoms with Gasteiger partial charge in [-0.05, 0) is 24.1 Å². The lowest BCUT2D eigenvalue weighted by Gasteiger charge is -2.03. The molecule has 0 saturated heterocycles. The maximum atomic E-state index is 3.47. The molecule has 0 spiro atoms. The maximum Gasteiger partial charge on any atom is 0.0458 e. The minimum atomic E-state index is 0.866. The number of thiophene rings is 1. The molecule has 3 rings (SSSR count). The lowest BCUT2D eigenvalue weighted by atomic mass is 10.1. The molecule has 1 nitrogen and oxygen atoms in total. The van der Waals surface area contributed by atoms with Crippen LogP contribution in [0.5, 0.6) is 0 Å². The van der Waals surface area contributed by atoms with Gasteiger partial charge in [0, 0.05) is 22.5 Å². The first-order valence-electron chi connectivity index (χ1n) is 6.75. The fraction of sp³-hybridized carbons (Fsp3) is 0.111. The first-order chi connectivity index (χ1) is 9.81. The number of benzene rings is 2. The van der Waals surface area contributed by atoms with E-state index in [1.54, 1.807) is 11.3 Å². The van der Waals surface area contributed by atoms with Crippen molar-refractivity contribution in [3.8, 4) is 10.4 Å². The molecule has 0 amide bonds. The van der Waals surface area contributed by atoms with E-state index in [-0.39, 0.29) is 0 Å². The number of rotatable bonds is 4. The third-order valence-corrected chi connectivity index (χ3v) is 4.25. The summed E-state index contributed by atoms with van der Waals surface area (Å²) in [5.74, 6) is 0. The molecule has 20 heavy (non-hydrogen) atoms. The minimum Gasteiger partial charge on any atom is -0.380 e. The Morgan fingerprint density at radius 2 is 1.70 bits per heavy atom. The van der Waals surface area contributed by atoms with Crippen LogP contribution in [0.4, 0.5) is 5.69 Å². The zero-order valence-electron chi connectivity index (χ0n) is 11.5. The van der Waals surface area contributed by atoms with E-state index in [0.717, 1.165) is 6.54 Å². The minimum absolute atomic E-state index is 0.866. The molecule has 1 heterocycles. The van der Waals surface area contributed by atoms with Gasteiger partial charge in [-0.2, -0.15) is 0 Å². The van der Waals surface area contributed by atoms with E-state index in [2.05, 4.69) is 72.2 Å². The summed E-state index contributed by atoms with van der Waals surface area (Å²) in [5.41, 5.74) is 5.08. The summed E-state index contributed by atoms with van der Waals surface area (Å²) in [6.45, 7) is 2.98. The molecular formula is C18H17NS. The Kier molecular flexibility index (Phi) is 3.84. The van der Waals surface area contributed by atoms with E-state index in [0.29, 0.717) is 0 Å². The van der Waals surface area contributed by atoms with Crippen molar-refractivity contribution in [2.24, 2.45) is 0 Å². The fourth-order valence-electron chi connectivity index (χ4n) is 2.10. The molecular weight excluding hydrogens is 262 g/mol. The molecule has 0 unspecified atom stereocenters. The zero-order valence-corrected chi connectivity index (χ0v) is 12.3. The largest absolute Gasteiger partial charge is 0.380 e. The Hall–Kier alpha value is -2.06. The highest BCUT2D eigenvalue weighted by Crippen LogP contribution is 2.30. The van der Waals surface area contributed by atoms with Crippen LogP contribution < -0.4 is 5.32 Å². The monoisotopic (exact) mass is 279 g/mol. The van der Waals surface area contributed by atoms with Crippen LogP contribution in [0.3, 0.4) is 0 Å². The molecule has 2 aromatic carbocycles. The van der Waals surface area contributed by atoms with E-state index < -0.39 is 0 Å². The third kappa shape index (κ3) is 3.09. The highest BCUT2D eigenvalue weighted by Gasteiger charge is 2.02. The van der Waals surface area contributed by atoms with E-state index in [1.807, 2.05) is 6.07 Å². The van der Waals surface area contributed by atoms with Crippen molar-refractivity contribution < 1.29 is 0 Å². The predicted molar refractivity (Wildman–Crippen MR) is 88.3 cm³/mol. The molecule has 0 atom stereocenters. The second kappa shape index (κ2) is 5.93. The Balaban J connectivity index is 1.69. The van der Waals surface area contributed by atoms with Gasteiger partial charge in [-0.15, -0.1) is 11.3 Å². The molecule has 0 aliphatic carbocycles. The van der Waals surface area contributed by atoms with Crippen LogP contribution in [-0.4, -0.2) is 0 Å². The standard InChI is InChI=1S/C18H17NS/c1-14-7-9-16(10-8-14)18-11-17(13-20-18)19-12-15-5-3-2-4-6-15/h2-11,13,19H,12H2,1H3. The second-order valence-electron chi connectivity index (χ2n) is 4.90. The average molecular weight is 279 g/mol. The normalized spacial score (nSPS) is 10.4. The molecule has 1 aromatic heterocycles. The van der Waals surface area contributed by atoms with Crippen molar-refractivity contribution in [2.75, 3.05) is 5.32 Å². The fourth-order valence-corrected chi connectivity index (χ4v) is 2.97. The van der Waals surface area contributed by atoms with Crippen molar-refractivity contribution in [3.63, 3.8) is 0 Å². The number of hydrogen-bond donors (Lipinski definition) is 1. The van der Waals surface area contributed by atoms with Gasteiger partial charge in [0.1, 0.15) is 0 Å². The van der Waals surface area contributed by atoms with Crippen LogP contribution in [0.15, 0.2) is 66.0 Å². The Morgan fingerprint density at radius 3 is 2.45 bits per heavy atom. The van der Waals surface area contributed by atoms with E-state index in [1.165, 1.54) is 27.3 Å². The van der Waals surface area contributed by atoms with Crippen molar-refractivity contribution >= 4 is 17.0 Å². The van der Waals surface area contributed by atoms with Gasteiger partial charge in [0.2, 0.25) is 0 Å². The quantitative estimate of drug-likeness (QED) is 0.680. The molecule has 2 heteroatoms. The first kappa shape index (κ1) is 12.9. The van der Waals surface area contributed by atoms with Gasteiger partial charge in [-0.1, -0.05) is 60.2 Å². The van der Waals surface area contributed by atoms with Crippen LogP contribution >= 0.6 is 11.3 Å². The second-order valence-corrected chi connectivity index (χ2v) is 5.82. The van der Waals surface area contributed by atoms with Gasteiger partial charge >= 0.3 is 0 Å².